The van der Waals surface area contributed by atoms with Crippen LogP contribution < -0.4 is 10.5 Å². The van der Waals surface area contributed by atoms with E-state index in [0.717, 1.165) is 15.6 Å². The van der Waals surface area contributed by atoms with Crippen LogP contribution in [-0.2, 0) is 4.74 Å². The number of hydrogen-bond donors (Lipinski definition) is 1. The van der Waals surface area contributed by atoms with Crippen molar-refractivity contribution in [2.75, 3.05) is 20.3 Å². The first-order valence-corrected chi connectivity index (χ1v) is 6.57. The Bertz CT molecular complexity index is 530. The molecule has 0 amide bonds. The van der Waals surface area contributed by atoms with E-state index in [4.69, 9.17) is 15.2 Å². The normalized spacial score (nSPS) is 12.6. The quantitative estimate of drug-likeness (QED) is 0.923. The number of halogens is 1. The van der Waals surface area contributed by atoms with Gasteiger partial charge in [-0.3, -0.25) is 0 Å². The van der Waals surface area contributed by atoms with Crippen molar-refractivity contribution in [1.29, 1.82) is 0 Å². The van der Waals surface area contributed by atoms with Crippen molar-refractivity contribution < 1.29 is 9.47 Å². The predicted octanol–water partition coefficient (Wildman–Crippen LogP) is 2.95. The van der Waals surface area contributed by atoms with Crippen LogP contribution in [0.3, 0.4) is 0 Å². The molecule has 18 heavy (non-hydrogen) atoms. The fourth-order valence-electron chi connectivity index (χ4n) is 1.80. The molecular formula is C14H16BrNO2. The number of rotatable bonds is 5. The second kappa shape index (κ2) is 6.18. The zero-order valence-corrected chi connectivity index (χ0v) is 11.8. The molecule has 2 N–H and O–H groups in total. The molecule has 0 aromatic heterocycles. The lowest BCUT2D eigenvalue weighted by Crippen LogP contribution is -2.31. The first-order valence-electron chi connectivity index (χ1n) is 5.78. The van der Waals surface area contributed by atoms with E-state index in [1.165, 1.54) is 5.39 Å². The highest BCUT2D eigenvalue weighted by molar-refractivity contribution is 9.10. The molecule has 0 radical (unpaired) electrons. The third-order valence-electron chi connectivity index (χ3n) is 2.69. The lowest BCUT2D eigenvalue weighted by molar-refractivity contribution is 0.0861. The van der Waals surface area contributed by atoms with E-state index in [1.54, 1.807) is 7.11 Å². The van der Waals surface area contributed by atoms with E-state index >= 15 is 0 Å². The van der Waals surface area contributed by atoms with Gasteiger partial charge in [0, 0.05) is 18.1 Å². The van der Waals surface area contributed by atoms with Crippen LogP contribution >= 0.6 is 15.9 Å². The molecule has 0 bridgehead atoms. The number of hydrogen-bond acceptors (Lipinski definition) is 3. The summed E-state index contributed by atoms with van der Waals surface area (Å²) in [5.41, 5.74) is 5.63. The molecule has 2 aromatic rings. The van der Waals surface area contributed by atoms with Crippen molar-refractivity contribution in [3.8, 4) is 5.75 Å². The monoisotopic (exact) mass is 309 g/mol. The SMILES string of the molecule is COCC(CN)Oc1ccc2cc(Br)ccc2c1. The Hall–Kier alpha value is -1.10. The first kappa shape index (κ1) is 13.3. The highest BCUT2D eigenvalue weighted by Gasteiger charge is 2.08. The standard InChI is InChI=1S/C14H16BrNO2/c1-17-9-14(8-16)18-13-5-3-10-6-12(15)4-2-11(10)7-13/h2-7,14H,8-9,16H2,1H3. The van der Waals surface area contributed by atoms with Gasteiger partial charge in [-0.1, -0.05) is 28.1 Å². The molecule has 4 heteroatoms. The molecule has 96 valence electrons. The van der Waals surface area contributed by atoms with Crippen LogP contribution in [0.15, 0.2) is 40.9 Å². The Labute approximate surface area is 115 Å². The molecule has 0 spiro atoms. The van der Waals surface area contributed by atoms with E-state index < -0.39 is 0 Å². The van der Waals surface area contributed by atoms with E-state index in [9.17, 15) is 0 Å². The molecule has 0 saturated carbocycles. The minimum atomic E-state index is -0.108. The Morgan fingerprint density at radius 1 is 1.17 bits per heavy atom. The van der Waals surface area contributed by atoms with Crippen LogP contribution in [0.25, 0.3) is 10.8 Å². The van der Waals surface area contributed by atoms with Crippen LogP contribution in [-0.4, -0.2) is 26.4 Å². The van der Waals surface area contributed by atoms with Crippen LogP contribution in [0.4, 0.5) is 0 Å². The highest BCUT2D eigenvalue weighted by Crippen LogP contribution is 2.24. The van der Waals surface area contributed by atoms with Gasteiger partial charge in [0.05, 0.1) is 6.61 Å². The number of ether oxygens (including phenoxy) is 2. The van der Waals surface area contributed by atoms with Gasteiger partial charge in [0.25, 0.3) is 0 Å². The van der Waals surface area contributed by atoms with Gasteiger partial charge >= 0.3 is 0 Å². The van der Waals surface area contributed by atoms with Crippen molar-refractivity contribution in [2.45, 2.75) is 6.10 Å². The summed E-state index contributed by atoms with van der Waals surface area (Å²) < 4.78 is 11.9. The Kier molecular flexibility index (Phi) is 4.58. The van der Waals surface area contributed by atoms with Gasteiger partial charge < -0.3 is 15.2 Å². The summed E-state index contributed by atoms with van der Waals surface area (Å²) >= 11 is 3.46. The molecule has 1 atom stereocenters. The van der Waals surface area contributed by atoms with Crippen molar-refractivity contribution in [2.24, 2.45) is 5.73 Å². The molecule has 0 fully saturated rings. The van der Waals surface area contributed by atoms with E-state index in [2.05, 4.69) is 28.1 Å². The number of nitrogens with two attached hydrogens (primary N) is 1. The summed E-state index contributed by atoms with van der Waals surface area (Å²) in [4.78, 5) is 0. The van der Waals surface area contributed by atoms with Crippen molar-refractivity contribution in [3.05, 3.63) is 40.9 Å². The van der Waals surface area contributed by atoms with Crippen LogP contribution in [0.2, 0.25) is 0 Å². The maximum atomic E-state index is 5.78. The summed E-state index contributed by atoms with van der Waals surface area (Å²) in [5.74, 6) is 0.817. The van der Waals surface area contributed by atoms with Crippen LogP contribution in [0, 0.1) is 0 Å². The third-order valence-corrected chi connectivity index (χ3v) is 3.19. The Morgan fingerprint density at radius 2 is 1.89 bits per heavy atom. The third kappa shape index (κ3) is 3.22. The van der Waals surface area contributed by atoms with Crippen LogP contribution in [0.5, 0.6) is 5.75 Å². The minimum Gasteiger partial charge on any atom is -0.487 e. The smallest absolute Gasteiger partial charge is 0.134 e. The summed E-state index contributed by atoms with van der Waals surface area (Å²) in [6, 6.07) is 12.2. The molecule has 2 aromatic carbocycles. The van der Waals surface area contributed by atoms with E-state index in [0.29, 0.717) is 13.2 Å². The van der Waals surface area contributed by atoms with Gasteiger partial charge in [0.15, 0.2) is 0 Å². The molecule has 0 aliphatic rings. The van der Waals surface area contributed by atoms with Gasteiger partial charge in [0.1, 0.15) is 11.9 Å². The van der Waals surface area contributed by atoms with Gasteiger partial charge in [-0.05, 0) is 35.0 Å². The molecule has 0 aliphatic carbocycles. The second-order valence-corrected chi connectivity index (χ2v) is 5.00. The number of methoxy groups -OCH3 is 1. The van der Waals surface area contributed by atoms with Gasteiger partial charge in [-0.25, -0.2) is 0 Å². The lowest BCUT2D eigenvalue weighted by atomic mass is 10.1. The maximum Gasteiger partial charge on any atom is 0.134 e. The second-order valence-electron chi connectivity index (χ2n) is 4.08. The molecule has 0 heterocycles. The molecular weight excluding hydrogens is 294 g/mol. The van der Waals surface area contributed by atoms with Gasteiger partial charge in [0.2, 0.25) is 0 Å². The zero-order valence-electron chi connectivity index (χ0n) is 10.2. The molecule has 1 unspecified atom stereocenters. The summed E-state index contributed by atoms with van der Waals surface area (Å²) in [7, 11) is 1.64. The lowest BCUT2D eigenvalue weighted by Gasteiger charge is -2.16. The minimum absolute atomic E-state index is 0.108. The molecule has 2 rings (SSSR count). The molecule has 0 aliphatic heterocycles. The van der Waals surface area contributed by atoms with Crippen molar-refractivity contribution in [3.63, 3.8) is 0 Å². The van der Waals surface area contributed by atoms with Gasteiger partial charge in [-0.2, -0.15) is 0 Å². The van der Waals surface area contributed by atoms with Gasteiger partial charge in [-0.15, -0.1) is 0 Å². The average molecular weight is 310 g/mol. The summed E-state index contributed by atoms with van der Waals surface area (Å²) in [5, 5.41) is 2.32. The number of benzene rings is 2. The maximum absolute atomic E-state index is 5.78. The predicted molar refractivity (Wildman–Crippen MR) is 77.0 cm³/mol. The largest absolute Gasteiger partial charge is 0.487 e. The fraction of sp³-hybridized carbons (Fsp3) is 0.286. The topological polar surface area (TPSA) is 44.5 Å². The Morgan fingerprint density at radius 3 is 2.61 bits per heavy atom. The average Bonchev–Trinajstić information content (AvgIpc) is 2.38. The highest BCUT2D eigenvalue weighted by atomic mass is 79.9. The summed E-state index contributed by atoms with van der Waals surface area (Å²) in [6.07, 6.45) is -0.108. The number of fused-ring (bicyclic) bond motifs is 1. The van der Waals surface area contributed by atoms with E-state index in [1.807, 2.05) is 24.3 Å². The molecule has 3 nitrogen and oxygen atoms in total. The first-order chi connectivity index (χ1) is 8.72. The van der Waals surface area contributed by atoms with Crippen molar-refractivity contribution in [1.82, 2.24) is 0 Å². The van der Waals surface area contributed by atoms with E-state index in [-0.39, 0.29) is 6.10 Å². The van der Waals surface area contributed by atoms with Crippen molar-refractivity contribution >= 4 is 26.7 Å². The fourth-order valence-corrected chi connectivity index (χ4v) is 2.18. The van der Waals surface area contributed by atoms with Crippen LogP contribution in [0.1, 0.15) is 0 Å². The molecule has 0 saturated heterocycles. The summed E-state index contributed by atoms with van der Waals surface area (Å²) in [6.45, 7) is 0.932. The Balaban J connectivity index is 2.21. The zero-order chi connectivity index (χ0) is 13.0.